The fourth-order valence-corrected chi connectivity index (χ4v) is 1.16. The molecule has 80 valence electrons. The Balaban J connectivity index is 2.74. The van der Waals surface area contributed by atoms with Crippen LogP contribution in [0.1, 0.15) is 19.8 Å². The second-order valence-corrected chi connectivity index (χ2v) is 3.44. The van der Waals surface area contributed by atoms with Crippen LogP contribution in [-0.4, -0.2) is 12.8 Å². The van der Waals surface area contributed by atoms with E-state index in [-0.39, 0.29) is 0 Å². The van der Waals surface area contributed by atoms with Gasteiger partial charge < -0.3 is 4.74 Å². The molecule has 0 N–H and O–H groups in total. The van der Waals surface area contributed by atoms with Gasteiger partial charge in [0.2, 0.25) is 0 Å². The van der Waals surface area contributed by atoms with E-state index >= 15 is 0 Å². The van der Waals surface area contributed by atoms with E-state index < -0.39 is 0 Å². The number of rotatable bonds is 3. The van der Waals surface area contributed by atoms with Crippen molar-refractivity contribution in [2.75, 3.05) is 7.11 Å². The molecular weight excluding hydrogens is 186 g/mol. The van der Waals surface area contributed by atoms with Crippen molar-refractivity contribution in [1.29, 1.82) is 0 Å². The average Bonchev–Trinajstić information content (AvgIpc) is 2.22. The third-order valence-electron chi connectivity index (χ3n) is 2.14. The second-order valence-electron chi connectivity index (χ2n) is 3.44. The fraction of sp³-hybridized carbons (Fsp3) is 0.308. The molecule has 0 aromatic heterocycles. The monoisotopic (exact) mass is 203 g/mol. The number of ether oxygens (including phenoxy) is 1. The normalized spacial score (nSPS) is 25.7. The van der Waals surface area contributed by atoms with Crippen molar-refractivity contribution in [2.45, 2.75) is 19.8 Å². The molecule has 1 rings (SSSR count). The maximum atomic E-state index is 4.95. The van der Waals surface area contributed by atoms with E-state index in [9.17, 15) is 0 Å². The third kappa shape index (κ3) is 4.45. The Morgan fingerprint density at radius 2 is 2.40 bits per heavy atom. The highest BCUT2D eigenvalue weighted by molar-refractivity contribution is 5.82. The Kier molecular flexibility index (Phi) is 4.61. The summed E-state index contributed by atoms with van der Waals surface area (Å²) in [6.07, 6.45) is 12.0. The van der Waals surface area contributed by atoms with Crippen LogP contribution in [0.15, 0.2) is 53.4 Å². The number of allylic oxidation sites excluding steroid dienone is 5. The largest absolute Gasteiger partial charge is 0.497 e. The quantitative estimate of drug-likeness (QED) is 0.509. The maximum absolute atomic E-state index is 4.95. The molecule has 15 heavy (non-hydrogen) atoms. The highest BCUT2D eigenvalue weighted by Crippen LogP contribution is 2.08. The highest BCUT2D eigenvalue weighted by Gasteiger charge is 1.94. The molecule has 0 aromatic rings. The first-order valence-electron chi connectivity index (χ1n) is 5.03. The summed E-state index contributed by atoms with van der Waals surface area (Å²) in [7, 11) is 1.61. The smallest absolute Gasteiger partial charge is 0.111 e. The van der Waals surface area contributed by atoms with Crippen LogP contribution >= 0.6 is 0 Å². The van der Waals surface area contributed by atoms with Gasteiger partial charge in [-0.15, -0.1) is 0 Å². The fourth-order valence-electron chi connectivity index (χ4n) is 1.16. The Hall–Kier alpha value is -1.57. The highest BCUT2D eigenvalue weighted by atomic mass is 16.5. The zero-order valence-electron chi connectivity index (χ0n) is 9.36. The van der Waals surface area contributed by atoms with Gasteiger partial charge in [-0.25, -0.2) is 0 Å². The SMILES string of the molecule is C=C(/C=C/C1=C/N=C(/C)CC/C=C\1)OC. The number of hydrogen-bond donors (Lipinski definition) is 0. The zero-order valence-corrected chi connectivity index (χ0v) is 9.36. The van der Waals surface area contributed by atoms with Crippen molar-refractivity contribution in [2.24, 2.45) is 4.99 Å². The lowest BCUT2D eigenvalue weighted by Crippen LogP contribution is -1.91. The molecule has 0 spiro atoms. The van der Waals surface area contributed by atoms with E-state index in [0.717, 1.165) is 24.1 Å². The van der Waals surface area contributed by atoms with Crippen LogP contribution < -0.4 is 0 Å². The summed E-state index contributed by atoms with van der Waals surface area (Å²) in [6, 6.07) is 0. The van der Waals surface area contributed by atoms with Crippen molar-refractivity contribution in [3.05, 3.63) is 48.4 Å². The van der Waals surface area contributed by atoms with E-state index in [1.165, 1.54) is 0 Å². The summed E-state index contributed by atoms with van der Waals surface area (Å²) in [5, 5.41) is 0. The van der Waals surface area contributed by atoms with Crippen molar-refractivity contribution in [3.63, 3.8) is 0 Å². The lowest BCUT2D eigenvalue weighted by Gasteiger charge is -2.01. The number of methoxy groups -OCH3 is 1. The molecule has 0 saturated heterocycles. The predicted octanol–water partition coefficient (Wildman–Crippen LogP) is 3.40. The molecule has 0 aromatic carbocycles. The van der Waals surface area contributed by atoms with Gasteiger partial charge in [-0.05, 0) is 37.5 Å². The molecule has 1 aliphatic heterocycles. The maximum Gasteiger partial charge on any atom is 0.111 e. The summed E-state index contributed by atoms with van der Waals surface area (Å²) in [5.74, 6) is 0.645. The summed E-state index contributed by atoms with van der Waals surface area (Å²) >= 11 is 0. The number of hydrogen-bond acceptors (Lipinski definition) is 2. The Morgan fingerprint density at radius 1 is 1.60 bits per heavy atom. The molecule has 2 heteroatoms. The van der Waals surface area contributed by atoms with Gasteiger partial charge >= 0.3 is 0 Å². The van der Waals surface area contributed by atoms with E-state index in [1.54, 1.807) is 7.11 Å². The van der Waals surface area contributed by atoms with Gasteiger partial charge in [-0.3, -0.25) is 4.99 Å². The first-order valence-corrected chi connectivity index (χ1v) is 5.03. The first kappa shape index (κ1) is 11.5. The van der Waals surface area contributed by atoms with E-state index in [4.69, 9.17) is 4.74 Å². The van der Waals surface area contributed by atoms with Crippen LogP contribution in [0, 0.1) is 0 Å². The van der Waals surface area contributed by atoms with E-state index in [0.29, 0.717) is 5.76 Å². The van der Waals surface area contributed by atoms with Crippen LogP contribution in [0.25, 0.3) is 0 Å². The van der Waals surface area contributed by atoms with Gasteiger partial charge in [0.1, 0.15) is 5.76 Å². The van der Waals surface area contributed by atoms with Gasteiger partial charge in [0.25, 0.3) is 0 Å². The van der Waals surface area contributed by atoms with Crippen LogP contribution in [0.5, 0.6) is 0 Å². The van der Waals surface area contributed by atoms with Gasteiger partial charge in [-0.2, -0.15) is 0 Å². The van der Waals surface area contributed by atoms with Crippen molar-refractivity contribution >= 4 is 5.71 Å². The van der Waals surface area contributed by atoms with Crippen LogP contribution in [0.3, 0.4) is 0 Å². The standard InChI is InChI=1S/C13H17NO/c1-11-6-4-5-7-13(10-14-11)9-8-12(2)15-3/h5,7-10H,2,4,6H2,1,3H3/b7-5-,9-8+,13-10+,14-11-. The minimum Gasteiger partial charge on any atom is -0.497 e. The second kappa shape index (κ2) is 6.02. The molecule has 0 saturated carbocycles. The molecule has 0 aliphatic carbocycles. The molecule has 1 heterocycles. The number of nitrogens with zero attached hydrogens (tertiary/aromatic N) is 1. The Labute approximate surface area is 91.4 Å². The Bertz CT molecular complexity index is 346. The summed E-state index contributed by atoms with van der Waals surface area (Å²) < 4.78 is 4.95. The minimum absolute atomic E-state index is 0.645. The van der Waals surface area contributed by atoms with Gasteiger partial charge in [0, 0.05) is 11.9 Å². The van der Waals surface area contributed by atoms with Crippen molar-refractivity contribution in [3.8, 4) is 0 Å². The van der Waals surface area contributed by atoms with Crippen molar-refractivity contribution < 1.29 is 4.74 Å². The van der Waals surface area contributed by atoms with Crippen molar-refractivity contribution in [1.82, 2.24) is 0 Å². The predicted molar refractivity (Wildman–Crippen MR) is 64.9 cm³/mol. The molecular formula is C13H17NO. The summed E-state index contributed by atoms with van der Waals surface area (Å²) in [5.41, 5.74) is 2.23. The van der Waals surface area contributed by atoms with Gasteiger partial charge in [0.15, 0.2) is 0 Å². The molecule has 0 amide bonds. The Morgan fingerprint density at radius 3 is 3.13 bits per heavy atom. The summed E-state index contributed by atoms with van der Waals surface area (Å²) in [4.78, 5) is 4.35. The topological polar surface area (TPSA) is 21.6 Å². The first-order chi connectivity index (χ1) is 7.22. The molecule has 0 radical (unpaired) electrons. The molecule has 0 fully saturated rings. The number of aliphatic imine (C=N–C) groups is 1. The lowest BCUT2D eigenvalue weighted by molar-refractivity contribution is 0.309. The lowest BCUT2D eigenvalue weighted by atomic mass is 10.1. The van der Waals surface area contributed by atoms with Crippen LogP contribution in [-0.2, 0) is 4.74 Å². The summed E-state index contributed by atoms with van der Waals surface area (Å²) in [6.45, 7) is 5.77. The molecule has 1 aliphatic rings. The molecule has 2 nitrogen and oxygen atoms in total. The minimum atomic E-state index is 0.645. The van der Waals surface area contributed by atoms with Gasteiger partial charge in [0.05, 0.1) is 7.11 Å². The average molecular weight is 203 g/mol. The van der Waals surface area contributed by atoms with E-state index in [2.05, 4.69) is 23.7 Å². The molecule has 0 unspecified atom stereocenters. The third-order valence-corrected chi connectivity index (χ3v) is 2.14. The van der Waals surface area contributed by atoms with Crippen LogP contribution in [0.2, 0.25) is 0 Å². The zero-order chi connectivity index (χ0) is 11.1. The molecule has 0 bridgehead atoms. The molecule has 0 atom stereocenters. The van der Waals surface area contributed by atoms with Gasteiger partial charge in [-0.1, -0.05) is 18.7 Å². The van der Waals surface area contributed by atoms with Crippen LogP contribution in [0.4, 0.5) is 0 Å². The van der Waals surface area contributed by atoms with E-state index in [1.807, 2.05) is 25.3 Å².